The zero-order valence-electron chi connectivity index (χ0n) is 10.7. The second kappa shape index (κ2) is 5.04. The predicted octanol–water partition coefficient (Wildman–Crippen LogP) is 1.90. The van der Waals surface area contributed by atoms with Crippen molar-refractivity contribution in [1.82, 2.24) is 20.4 Å². The highest BCUT2D eigenvalue weighted by molar-refractivity contribution is 7.80. The molecule has 1 aromatic heterocycles. The Hall–Kier alpha value is -1.10. The number of hydrogen-bond donors (Lipinski definition) is 2. The van der Waals surface area contributed by atoms with E-state index in [1.165, 1.54) is 18.4 Å². The van der Waals surface area contributed by atoms with E-state index in [2.05, 4.69) is 35.8 Å². The minimum absolute atomic E-state index is 0.203. The molecule has 1 saturated carbocycles. The van der Waals surface area contributed by atoms with E-state index >= 15 is 0 Å². The largest absolute Gasteiger partial charge is 0.360 e. The van der Waals surface area contributed by atoms with Gasteiger partial charge in [0, 0.05) is 24.3 Å². The first kappa shape index (κ1) is 12.4. The lowest BCUT2D eigenvalue weighted by Gasteiger charge is -2.16. The minimum atomic E-state index is 0.203. The van der Waals surface area contributed by atoms with Crippen LogP contribution in [0.2, 0.25) is 0 Å². The molecule has 1 aliphatic rings. The Morgan fingerprint density at radius 2 is 2.35 bits per heavy atom. The third-order valence-corrected chi connectivity index (χ3v) is 3.27. The van der Waals surface area contributed by atoms with Gasteiger partial charge in [-0.1, -0.05) is 0 Å². The van der Waals surface area contributed by atoms with Crippen molar-refractivity contribution in [2.24, 2.45) is 0 Å². The fourth-order valence-electron chi connectivity index (χ4n) is 1.85. The standard InChI is InChI=1S/C12H20N4S/c1-4-16-7-11(9(3)15-16)8(2)13-12(17)14-10-5-6-10/h7-8,10H,4-6H2,1-3H3,(H2,13,14,17). The van der Waals surface area contributed by atoms with Gasteiger partial charge in [0.1, 0.15) is 0 Å². The summed E-state index contributed by atoms with van der Waals surface area (Å²) < 4.78 is 1.96. The van der Waals surface area contributed by atoms with Crippen LogP contribution in [0.5, 0.6) is 0 Å². The average Bonchev–Trinajstić information content (AvgIpc) is 2.98. The molecule has 94 valence electrons. The molecule has 0 amide bonds. The maximum Gasteiger partial charge on any atom is 0.166 e. The van der Waals surface area contributed by atoms with Crippen LogP contribution in [0.1, 0.15) is 44.0 Å². The van der Waals surface area contributed by atoms with Crippen molar-refractivity contribution in [3.8, 4) is 0 Å². The molecule has 0 aromatic carbocycles. The topological polar surface area (TPSA) is 41.9 Å². The quantitative estimate of drug-likeness (QED) is 0.803. The summed E-state index contributed by atoms with van der Waals surface area (Å²) in [5.41, 5.74) is 2.29. The van der Waals surface area contributed by atoms with E-state index in [0.717, 1.165) is 17.4 Å². The Balaban J connectivity index is 1.95. The number of thiocarbonyl (C=S) groups is 1. The lowest BCUT2D eigenvalue weighted by atomic mass is 10.1. The molecule has 0 saturated heterocycles. The molecule has 2 rings (SSSR count). The van der Waals surface area contributed by atoms with Gasteiger partial charge in [-0.15, -0.1) is 0 Å². The second-order valence-corrected chi connectivity index (χ2v) is 5.05. The lowest BCUT2D eigenvalue weighted by Crippen LogP contribution is -2.38. The number of nitrogens with zero attached hydrogens (tertiary/aromatic N) is 2. The number of nitrogens with one attached hydrogen (secondary N) is 2. The van der Waals surface area contributed by atoms with Crippen molar-refractivity contribution < 1.29 is 0 Å². The summed E-state index contributed by atoms with van der Waals surface area (Å²) in [6.07, 6.45) is 4.57. The first-order chi connectivity index (χ1) is 8.10. The Morgan fingerprint density at radius 1 is 1.65 bits per heavy atom. The highest BCUT2D eigenvalue weighted by Gasteiger charge is 2.22. The molecule has 0 spiro atoms. The predicted molar refractivity (Wildman–Crippen MR) is 72.9 cm³/mol. The van der Waals surface area contributed by atoms with Gasteiger partial charge in [-0.05, 0) is 45.8 Å². The van der Waals surface area contributed by atoms with E-state index in [0.29, 0.717) is 6.04 Å². The van der Waals surface area contributed by atoms with E-state index in [-0.39, 0.29) is 6.04 Å². The maximum absolute atomic E-state index is 5.28. The summed E-state index contributed by atoms with van der Waals surface area (Å²) >= 11 is 5.28. The molecule has 1 aliphatic carbocycles. The van der Waals surface area contributed by atoms with Crippen LogP contribution >= 0.6 is 12.2 Å². The first-order valence-electron chi connectivity index (χ1n) is 6.21. The van der Waals surface area contributed by atoms with Crippen LogP contribution in [0.4, 0.5) is 0 Å². The molecule has 0 bridgehead atoms. The second-order valence-electron chi connectivity index (χ2n) is 4.64. The number of hydrogen-bond acceptors (Lipinski definition) is 2. The first-order valence-corrected chi connectivity index (χ1v) is 6.62. The minimum Gasteiger partial charge on any atom is -0.360 e. The number of rotatable bonds is 4. The zero-order chi connectivity index (χ0) is 12.4. The van der Waals surface area contributed by atoms with E-state index in [1.807, 2.05) is 11.6 Å². The van der Waals surface area contributed by atoms with Crippen LogP contribution < -0.4 is 10.6 Å². The van der Waals surface area contributed by atoms with Crippen LogP contribution in [0.25, 0.3) is 0 Å². The van der Waals surface area contributed by atoms with Crippen molar-refractivity contribution in [3.05, 3.63) is 17.5 Å². The molecule has 1 heterocycles. The highest BCUT2D eigenvalue weighted by Crippen LogP contribution is 2.19. The molecule has 5 heteroatoms. The van der Waals surface area contributed by atoms with Crippen molar-refractivity contribution in [2.45, 2.75) is 52.2 Å². The fraction of sp³-hybridized carbons (Fsp3) is 0.667. The Bertz CT molecular complexity index is 409. The monoisotopic (exact) mass is 252 g/mol. The highest BCUT2D eigenvalue weighted by atomic mass is 32.1. The molecule has 4 nitrogen and oxygen atoms in total. The average molecular weight is 252 g/mol. The molecular formula is C12H20N4S. The van der Waals surface area contributed by atoms with Crippen molar-refractivity contribution in [3.63, 3.8) is 0 Å². The molecule has 1 fully saturated rings. The van der Waals surface area contributed by atoms with Crippen LogP contribution in [0, 0.1) is 6.92 Å². The molecule has 17 heavy (non-hydrogen) atoms. The number of aryl methyl sites for hydroxylation is 2. The fourth-order valence-corrected chi connectivity index (χ4v) is 2.19. The normalized spacial score (nSPS) is 16.6. The third kappa shape index (κ3) is 3.19. The van der Waals surface area contributed by atoms with Gasteiger partial charge in [-0.3, -0.25) is 4.68 Å². The molecule has 2 N–H and O–H groups in total. The Kier molecular flexibility index (Phi) is 3.66. The summed E-state index contributed by atoms with van der Waals surface area (Å²) in [6, 6.07) is 0.802. The molecule has 1 aromatic rings. The van der Waals surface area contributed by atoms with Gasteiger partial charge in [-0.25, -0.2) is 0 Å². The van der Waals surface area contributed by atoms with Crippen LogP contribution in [-0.4, -0.2) is 20.9 Å². The van der Waals surface area contributed by atoms with E-state index < -0.39 is 0 Å². The van der Waals surface area contributed by atoms with Gasteiger partial charge in [0.05, 0.1) is 11.7 Å². The van der Waals surface area contributed by atoms with Gasteiger partial charge in [0.15, 0.2) is 5.11 Å². The Labute approximate surface area is 108 Å². The van der Waals surface area contributed by atoms with E-state index in [1.54, 1.807) is 0 Å². The van der Waals surface area contributed by atoms with Crippen molar-refractivity contribution >= 4 is 17.3 Å². The summed E-state index contributed by atoms with van der Waals surface area (Å²) in [4.78, 5) is 0. The zero-order valence-corrected chi connectivity index (χ0v) is 11.5. The van der Waals surface area contributed by atoms with Crippen LogP contribution in [0.15, 0.2) is 6.20 Å². The van der Waals surface area contributed by atoms with Gasteiger partial charge in [0.2, 0.25) is 0 Å². The summed E-state index contributed by atoms with van der Waals surface area (Å²) in [5, 5.41) is 11.8. The van der Waals surface area contributed by atoms with Gasteiger partial charge < -0.3 is 10.6 Å². The SMILES string of the molecule is CCn1cc(C(C)NC(=S)NC2CC2)c(C)n1. The Morgan fingerprint density at radius 3 is 2.88 bits per heavy atom. The number of aromatic nitrogens is 2. The lowest BCUT2D eigenvalue weighted by molar-refractivity contribution is 0.651. The van der Waals surface area contributed by atoms with Crippen molar-refractivity contribution in [1.29, 1.82) is 0 Å². The van der Waals surface area contributed by atoms with Gasteiger partial charge in [0.25, 0.3) is 0 Å². The van der Waals surface area contributed by atoms with Gasteiger partial charge in [-0.2, -0.15) is 5.10 Å². The van der Waals surface area contributed by atoms with Gasteiger partial charge >= 0.3 is 0 Å². The molecular weight excluding hydrogens is 232 g/mol. The summed E-state index contributed by atoms with van der Waals surface area (Å²) in [7, 11) is 0. The molecule has 0 aliphatic heterocycles. The maximum atomic E-state index is 5.28. The van der Waals surface area contributed by atoms with Crippen molar-refractivity contribution in [2.75, 3.05) is 0 Å². The smallest absolute Gasteiger partial charge is 0.166 e. The molecule has 1 atom stereocenters. The van der Waals surface area contributed by atoms with Crippen LogP contribution in [0.3, 0.4) is 0 Å². The summed E-state index contributed by atoms with van der Waals surface area (Å²) in [6.45, 7) is 7.15. The molecule has 0 radical (unpaired) electrons. The van der Waals surface area contributed by atoms with E-state index in [4.69, 9.17) is 12.2 Å². The molecule has 1 unspecified atom stereocenters. The summed E-state index contributed by atoms with van der Waals surface area (Å²) in [5.74, 6) is 0. The van der Waals surface area contributed by atoms with Crippen LogP contribution in [-0.2, 0) is 6.54 Å². The third-order valence-electron chi connectivity index (χ3n) is 3.03. The van der Waals surface area contributed by atoms with E-state index in [9.17, 15) is 0 Å².